The fraction of sp³-hybridized carbons (Fsp3) is 0.700. The average molecular weight is 881 g/mol. The van der Waals surface area contributed by atoms with E-state index in [1.165, 1.54) is 0 Å². The number of hydrogen-bond acceptors (Lipinski definition) is 12. The van der Waals surface area contributed by atoms with Gasteiger partial charge in [-0.2, -0.15) is 0 Å². The summed E-state index contributed by atoms with van der Waals surface area (Å²) < 4.78 is 0.590. The van der Waals surface area contributed by atoms with Gasteiger partial charge < -0.3 is 61.4 Å². The predicted octanol–water partition coefficient (Wildman–Crippen LogP) is -0.477. The third kappa shape index (κ3) is 25.5. The van der Waals surface area contributed by atoms with Crippen molar-refractivity contribution in [1.82, 2.24) is 61.4 Å². The molecular formula is C40H72N12O6S2. The zero-order chi connectivity index (χ0) is 45.0. The van der Waals surface area contributed by atoms with Crippen molar-refractivity contribution in [1.29, 1.82) is 0 Å². The average Bonchev–Trinajstić information content (AvgIpc) is 3.14. The van der Waals surface area contributed by atoms with Gasteiger partial charge in [0.15, 0.2) is 0 Å². The fourth-order valence-corrected chi connectivity index (χ4v) is 6.60. The number of aromatic nitrogens is 1. The molecule has 18 nitrogen and oxygen atoms in total. The number of nitrogens with zero attached hydrogens (tertiary/aromatic N) is 5. The van der Waals surface area contributed by atoms with E-state index in [0.717, 1.165) is 0 Å². The summed E-state index contributed by atoms with van der Waals surface area (Å²) in [7, 11) is 14.4. The monoisotopic (exact) mass is 881 g/mol. The topological polar surface area (TPSA) is 207 Å². The van der Waals surface area contributed by atoms with Gasteiger partial charge in [0.05, 0.1) is 30.7 Å². The Labute approximate surface area is 367 Å². The lowest BCUT2D eigenvalue weighted by atomic mass is 10.1. The molecule has 20 heteroatoms. The lowest BCUT2D eigenvalue weighted by Gasteiger charge is -2.26. The molecule has 7 N–H and O–H groups in total. The molecule has 0 radical (unpaired) electrons. The van der Waals surface area contributed by atoms with Crippen LogP contribution in [0.15, 0.2) is 18.5 Å². The summed E-state index contributed by atoms with van der Waals surface area (Å²) in [6, 6.07) is 0.299. The molecule has 0 saturated heterocycles. The molecular weight excluding hydrogens is 809 g/mol. The molecule has 340 valence electrons. The summed E-state index contributed by atoms with van der Waals surface area (Å²) in [5.74, 6) is -1.24. The van der Waals surface area contributed by atoms with E-state index in [1.54, 1.807) is 66.3 Å². The van der Waals surface area contributed by atoms with E-state index < -0.39 is 12.1 Å². The van der Waals surface area contributed by atoms with E-state index in [2.05, 4.69) is 36.9 Å². The molecule has 1 heterocycles. The highest BCUT2D eigenvalue weighted by atomic mass is 32.1. The molecule has 1 aromatic rings. The minimum absolute atomic E-state index is 0.0711. The molecule has 6 amide bonds. The van der Waals surface area contributed by atoms with Crippen LogP contribution in [0.1, 0.15) is 56.9 Å². The van der Waals surface area contributed by atoms with Crippen molar-refractivity contribution < 1.29 is 28.8 Å². The van der Waals surface area contributed by atoms with Crippen molar-refractivity contribution in [2.45, 2.75) is 63.5 Å². The van der Waals surface area contributed by atoms with Crippen molar-refractivity contribution in [3.05, 3.63) is 28.5 Å². The third-order valence-electron chi connectivity index (χ3n) is 8.78. The Morgan fingerprint density at radius 3 is 1.33 bits per heavy atom. The van der Waals surface area contributed by atoms with Gasteiger partial charge >= 0.3 is 0 Å². The number of thiocarbonyl (C=S) groups is 1. The second kappa shape index (κ2) is 30.9. The van der Waals surface area contributed by atoms with Crippen LogP contribution in [-0.4, -0.2) is 204 Å². The Morgan fingerprint density at radius 1 is 0.567 bits per heavy atom. The van der Waals surface area contributed by atoms with Crippen LogP contribution in [0, 0.1) is 4.51 Å². The minimum atomic E-state index is -0.733. The fourth-order valence-electron chi connectivity index (χ4n) is 5.96. The minimum Gasteiger partial charge on any atom is -0.367 e. The summed E-state index contributed by atoms with van der Waals surface area (Å²) >= 11 is 11.5. The molecule has 1 rings (SSSR count). The molecule has 0 bridgehead atoms. The highest BCUT2D eigenvalue weighted by molar-refractivity contribution is 7.80. The maximum atomic E-state index is 13.4. The van der Waals surface area contributed by atoms with Crippen molar-refractivity contribution >= 4 is 64.9 Å². The summed E-state index contributed by atoms with van der Waals surface area (Å²) in [5.41, 5.74) is 0.693. The highest BCUT2D eigenvalue weighted by Crippen LogP contribution is 2.10. The molecule has 0 unspecified atom stereocenters. The first-order chi connectivity index (χ1) is 28.4. The first kappa shape index (κ1) is 53.9. The maximum Gasteiger partial charge on any atom is 0.242 e. The largest absolute Gasteiger partial charge is 0.367 e. The first-order valence-electron chi connectivity index (χ1n) is 20.6. The van der Waals surface area contributed by atoms with Gasteiger partial charge in [-0.25, -0.2) is 0 Å². The Morgan fingerprint density at radius 2 is 0.950 bits per heavy atom. The van der Waals surface area contributed by atoms with E-state index in [0.29, 0.717) is 119 Å². The van der Waals surface area contributed by atoms with Gasteiger partial charge in [-0.3, -0.25) is 28.8 Å². The molecule has 0 saturated carbocycles. The smallest absolute Gasteiger partial charge is 0.242 e. The number of carbonyl (C=O) groups excluding carboxylic acids is 6. The summed E-state index contributed by atoms with van der Waals surface area (Å²) in [6.07, 6.45) is 7.95. The van der Waals surface area contributed by atoms with Crippen LogP contribution in [-0.2, 0) is 28.8 Å². The molecule has 2 atom stereocenters. The van der Waals surface area contributed by atoms with Crippen LogP contribution in [0.3, 0.4) is 0 Å². The molecule has 0 aliphatic rings. The van der Waals surface area contributed by atoms with Crippen molar-refractivity contribution in [3.63, 3.8) is 0 Å². The molecule has 0 aliphatic heterocycles. The van der Waals surface area contributed by atoms with Crippen LogP contribution in [0.2, 0.25) is 0 Å². The van der Waals surface area contributed by atoms with Gasteiger partial charge in [-0.15, -0.1) is 0 Å². The standard InChI is InChI=1S/C40H72N12O6S2/c1-48(2)26-34(53)42-18-11-9-15-31(46-36(55)28-50(5)6)38(57)44-20-13-23-52(40(60)30-25-41-22-17-33(30)59)24-14-21-45-39(58)32(47-37(56)29-51(7)8)16-10-12-19-43-35(54)27-49(3)4/h17,22,25,31-32H,9-16,18-21,23-24,26-29H2,1-8H3,(H,41,59)(H,42,53)(H,43,54)(H,44,57)(H,45,58)(H,46,55)(H,47,56)/t31-,32-/m0/s1. The number of unbranched alkanes of at least 4 members (excludes halogenated alkanes) is 2. The van der Waals surface area contributed by atoms with Crippen LogP contribution in [0.25, 0.3) is 0 Å². The number of aromatic amines is 1. The van der Waals surface area contributed by atoms with Crippen molar-refractivity contribution in [2.24, 2.45) is 0 Å². The SMILES string of the molecule is CN(C)CC(=O)NCCCC[C@H](NC(=O)CN(C)C)C(=O)NCCCN(CCCNC(=O)[C@H](CCCCNC(=O)CN(C)C)NC(=O)CN(C)C)C(=S)c1c[nH]ccc1=S. The highest BCUT2D eigenvalue weighted by Gasteiger charge is 2.23. The van der Waals surface area contributed by atoms with Crippen LogP contribution < -0.4 is 31.9 Å². The number of hydrogen-bond donors (Lipinski definition) is 7. The number of amides is 6. The van der Waals surface area contributed by atoms with Crippen molar-refractivity contribution in [2.75, 3.05) is 122 Å². The van der Waals surface area contributed by atoms with E-state index in [-0.39, 0.29) is 48.5 Å². The van der Waals surface area contributed by atoms with E-state index in [9.17, 15) is 28.8 Å². The molecule has 0 fully saturated rings. The number of H-pyrrole nitrogens is 1. The quantitative estimate of drug-likeness (QED) is 0.0373. The number of pyridine rings is 1. The zero-order valence-corrected chi connectivity index (χ0v) is 38.7. The first-order valence-corrected chi connectivity index (χ1v) is 21.4. The maximum absolute atomic E-state index is 13.4. The van der Waals surface area contributed by atoms with Gasteiger partial charge in [0.25, 0.3) is 0 Å². The molecule has 0 aliphatic carbocycles. The van der Waals surface area contributed by atoms with Crippen LogP contribution in [0.4, 0.5) is 0 Å². The van der Waals surface area contributed by atoms with E-state index >= 15 is 0 Å². The van der Waals surface area contributed by atoms with Crippen molar-refractivity contribution in [3.8, 4) is 0 Å². The van der Waals surface area contributed by atoms with Gasteiger partial charge in [-0.05, 0) is 114 Å². The summed E-state index contributed by atoms with van der Waals surface area (Å²) in [6.45, 7) is 3.44. The lowest BCUT2D eigenvalue weighted by molar-refractivity contribution is -0.129. The second-order valence-electron chi connectivity index (χ2n) is 15.9. The Kier molecular flexibility index (Phi) is 27.8. The lowest BCUT2D eigenvalue weighted by Crippen LogP contribution is -2.49. The summed E-state index contributed by atoms with van der Waals surface area (Å²) in [4.78, 5) is 88.5. The normalized spacial score (nSPS) is 12.2. The Balaban J connectivity index is 2.86. The predicted molar refractivity (Wildman–Crippen MR) is 242 cm³/mol. The van der Waals surface area contributed by atoms with Gasteiger partial charge in [0, 0.05) is 57.2 Å². The zero-order valence-electron chi connectivity index (χ0n) is 37.1. The second-order valence-corrected chi connectivity index (χ2v) is 16.7. The van der Waals surface area contributed by atoms with E-state index in [1.807, 2.05) is 33.1 Å². The number of likely N-dealkylation sites (N-methyl/N-ethyl adjacent to an activating group) is 4. The molecule has 0 spiro atoms. The number of carbonyl (C=O) groups is 6. The Bertz CT molecular complexity index is 1480. The number of rotatable bonds is 31. The van der Waals surface area contributed by atoms with Crippen LogP contribution >= 0.6 is 24.4 Å². The van der Waals surface area contributed by atoms with Gasteiger partial charge in [-0.1, -0.05) is 24.4 Å². The third-order valence-corrected chi connectivity index (χ3v) is 9.61. The van der Waals surface area contributed by atoms with Crippen LogP contribution in [0.5, 0.6) is 0 Å². The van der Waals surface area contributed by atoms with Gasteiger partial charge in [0.2, 0.25) is 35.4 Å². The Hall–Kier alpha value is -4.08. The number of nitrogens with one attached hydrogen (secondary N) is 7. The van der Waals surface area contributed by atoms with Gasteiger partial charge in [0.1, 0.15) is 17.1 Å². The molecule has 0 aromatic carbocycles. The molecule has 1 aromatic heterocycles. The molecule has 60 heavy (non-hydrogen) atoms. The summed E-state index contributed by atoms with van der Waals surface area (Å²) in [5, 5.41) is 17.4. The van der Waals surface area contributed by atoms with E-state index in [4.69, 9.17) is 24.4 Å².